The number of aromatic amines is 1. The van der Waals surface area contributed by atoms with Crippen LogP contribution in [0.3, 0.4) is 0 Å². The topological polar surface area (TPSA) is 78.9 Å². The van der Waals surface area contributed by atoms with Crippen molar-refractivity contribution in [1.82, 2.24) is 15.0 Å². The predicted octanol–water partition coefficient (Wildman–Crippen LogP) is 1.60. The lowest BCUT2D eigenvalue weighted by molar-refractivity contribution is 0.0689. The minimum Gasteiger partial charge on any atom is -0.476 e. The molecule has 0 fully saturated rings. The summed E-state index contributed by atoms with van der Waals surface area (Å²) in [4.78, 5) is 22.1. The summed E-state index contributed by atoms with van der Waals surface area (Å²) in [5, 5.41) is 8.98. The molecular formula is C12H13N3O2. The predicted molar refractivity (Wildman–Crippen MR) is 61.9 cm³/mol. The van der Waals surface area contributed by atoms with Crippen molar-refractivity contribution in [2.75, 3.05) is 0 Å². The van der Waals surface area contributed by atoms with Crippen LogP contribution in [0.15, 0.2) is 24.4 Å². The summed E-state index contributed by atoms with van der Waals surface area (Å²) < 4.78 is 0. The van der Waals surface area contributed by atoms with Crippen molar-refractivity contribution in [3.8, 4) is 0 Å². The van der Waals surface area contributed by atoms with Gasteiger partial charge in [-0.05, 0) is 31.9 Å². The SMILES string of the molecule is Cc1nc(C(=O)O)c(CCc2ccccn2)[nH]1. The second-order valence-corrected chi connectivity index (χ2v) is 3.78. The second-order valence-electron chi connectivity index (χ2n) is 3.78. The largest absolute Gasteiger partial charge is 0.476 e. The summed E-state index contributed by atoms with van der Waals surface area (Å²) in [5.41, 5.74) is 1.70. The fourth-order valence-corrected chi connectivity index (χ4v) is 1.70. The summed E-state index contributed by atoms with van der Waals surface area (Å²) in [6.07, 6.45) is 3.02. The molecule has 0 unspecified atom stereocenters. The van der Waals surface area contributed by atoms with Crippen LogP contribution < -0.4 is 0 Å². The number of carbonyl (C=O) groups is 1. The highest BCUT2D eigenvalue weighted by molar-refractivity contribution is 5.86. The molecule has 88 valence electrons. The van der Waals surface area contributed by atoms with Crippen LogP contribution in [0, 0.1) is 6.92 Å². The van der Waals surface area contributed by atoms with Crippen molar-refractivity contribution in [3.63, 3.8) is 0 Å². The van der Waals surface area contributed by atoms with E-state index in [4.69, 9.17) is 5.11 Å². The molecule has 5 nitrogen and oxygen atoms in total. The van der Waals surface area contributed by atoms with Crippen LogP contribution in [0.1, 0.15) is 27.7 Å². The highest BCUT2D eigenvalue weighted by atomic mass is 16.4. The van der Waals surface area contributed by atoms with Crippen molar-refractivity contribution < 1.29 is 9.90 Å². The first-order valence-corrected chi connectivity index (χ1v) is 5.35. The van der Waals surface area contributed by atoms with E-state index in [2.05, 4.69) is 15.0 Å². The Hall–Kier alpha value is -2.17. The molecule has 0 amide bonds. The quantitative estimate of drug-likeness (QED) is 0.837. The highest BCUT2D eigenvalue weighted by Crippen LogP contribution is 2.09. The Morgan fingerprint density at radius 1 is 1.41 bits per heavy atom. The molecule has 0 saturated heterocycles. The fraction of sp³-hybridized carbons (Fsp3) is 0.250. The number of carboxylic acid groups (broad SMARTS) is 1. The van der Waals surface area contributed by atoms with E-state index in [9.17, 15) is 4.79 Å². The smallest absolute Gasteiger partial charge is 0.356 e. The molecule has 2 aromatic rings. The molecule has 0 aliphatic rings. The van der Waals surface area contributed by atoms with Gasteiger partial charge in [0.05, 0.1) is 5.69 Å². The van der Waals surface area contributed by atoms with Gasteiger partial charge < -0.3 is 10.1 Å². The lowest BCUT2D eigenvalue weighted by Gasteiger charge is -1.99. The van der Waals surface area contributed by atoms with E-state index < -0.39 is 5.97 Å². The lowest BCUT2D eigenvalue weighted by atomic mass is 10.1. The molecule has 0 aromatic carbocycles. The normalized spacial score (nSPS) is 10.4. The third-order valence-electron chi connectivity index (χ3n) is 2.46. The monoisotopic (exact) mass is 231 g/mol. The third kappa shape index (κ3) is 2.69. The summed E-state index contributed by atoms with van der Waals surface area (Å²) in [6.45, 7) is 1.75. The molecule has 2 aromatic heterocycles. The molecule has 0 atom stereocenters. The van der Waals surface area contributed by atoms with E-state index in [1.807, 2.05) is 18.2 Å². The number of aryl methyl sites for hydroxylation is 3. The van der Waals surface area contributed by atoms with E-state index >= 15 is 0 Å². The van der Waals surface area contributed by atoms with E-state index in [0.29, 0.717) is 24.4 Å². The van der Waals surface area contributed by atoms with Gasteiger partial charge >= 0.3 is 5.97 Å². The number of nitrogens with zero attached hydrogens (tertiary/aromatic N) is 2. The van der Waals surface area contributed by atoms with Crippen LogP contribution in [-0.2, 0) is 12.8 Å². The zero-order chi connectivity index (χ0) is 12.3. The molecule has 2 heterocycles. The van der Waals surface area contributed by atoms with Gasteiger partial charge in [0.2, 0.25) is 0 Å². The molecule has 0 radical (unpaired) electrons. The van der Waals surface area contributed by atoms with Gasteiger partial charge in [-0.25, -0.2) is 9.78 Å². The van der Waals surface area contributed by atoms with Gasteiger partial charge in [0.15, 0.2) is 5.69 Å². The maximum Gasteiger partial charge on any atom is 0.356 e. The summed E-state index contributed by atoms with van der Waals surface area (Å²) >= 11 is 0. The van der Waals surface area contributed by atoms with E-state index in [1.165, 1.54) is 0 Å². The van der Waals surface area contributed by atoms with Crippen molar-refractivity contribution in [1.29, 1.82) is 0 Å². The van der Waals surface area contributed by atoms with Crippen LogP contribution in [0.5, 0.6) is 0 Å². The molecule has 2 rings (SSSR count). The Balaban J connectivity index is 2.11. The second kappa shape index (κ2) is 4.78. The van der Waals surface area contributed by atoms with E-state index in [0.717, 1.165) is 5.69 Å². The van der Waals surface area contributed by atoms with Gasteiger partial charge in [0, 0.05) is 11.9 Å². The van der Waals surface area contributed by atoms with Gasteiger partial charge in [-0.15, -0.1) is 0 Å². The first-order valence-electron chi connectivity index (χ1n) is 5.35. The number of hydrogen-bond donors (Lipinski definition) is 2. The number of imidazole rings is 1. The number of carboxylic acids is 1. The summed E-state index contributed by atoms with van der Waals surface area (Å²) in [6, 6.07) is 5.69. The molecule has 5 heteroatoms. The molecule has 17 heavy (non-hydrogen) atoms. The number of aromatic nitrogens is 3. The standard InChI is InChI=1S/C12H13N3O2/c1-8-14-10(11(15-8)12(16)17)6-5-9-4-2-3-7-13-9/h2-4,7H,5-6H2,1H3,(H,14,15)(H,16,17). The average Bonchev–Trinajstić information content (AvgIpc) is 2.69. The van der Waals surface area contributed by atoms with Gasteiger partial charge in [0.25, 0.3) is 0 Å². The Kier molecular flexibility index (Phi) is 3.18. The number of nitrogens with one attached hydrogen (secondary N) is 1. The van der Waals surface area contributed by atoms with E-state index in [1.54, 1.807) is 13.1 Å². The fourth-order valence-electron chi connectivity index (χ4n) is 1.70. The molecular weight excluding hydrogens is 218 g/mol. The van der Waals surface area contributed by atoms with Crippen molar-refractivity contribution in [3.05, 3.63) is 47.3 Å². The molecule has 2 N–H and O–H groups in total. The van der Waals surface area contributed by atoms with Crippen LogP contribution in [0.25, 0.3) is 0 Å². The number of H-pyrrole nitrogens is 1. The summed E-state index contributed by atoms with van der Waals surface area (Å²) in [7, 11) is 0. The van der Waals surface area contributed by atoms with Crippen LogP contribution in [-0.4, -0.2) is 26.0 Å². The molecule has 0 bridgehead atoms. The van der Waals surface area contributed by atoms with Gasteiger partial charge in [-0.2, -0.15) is 0 Å². The first-order chi connectivity index (χ1) is 8.16. The third-order valence-corrected chi connectivity index (χ3v) is 2.46. The average molecular weight is 231 g/mol. The molecule has 0 aliphatic carbocycles. The van der Waals surface area contributed by atoms with Gasteiger partial charge in [-0.1, -0.05) is 6.07 Å². The minimum absolute atomic E-state index is 0.110. The molecule has 0 aliphatic heterocycles. The number of hydrogen-bond acceptors (Lipinski definition) is 3. The lowest BCUT2D eigenvalue weighted by Crippen LogP contribution is -2.03. The Morgan fingerprint density at radius 2 is 2.24 bits per heavy atom. The van der Waals surface area contributed by atoms with Gasteiger partial charge in [-0.3, -0.25) is 4.98 Å². The van der Waals surface area contributed by atoms with Crippen molar-refractivity contribution in [2.45, 2.75) is 19.8 Å². The zero-order valence-corrected chi connectivity index (χ0v) is 9.47. The van der Waals surface area contributed by atoms with Crippen LogP contribution >= 0.6 is 0 Å². The number of aromatic carboxylic acids is 1. The highest BCUT2D eigenvalue weighted by Gasteiger charge is 2.14. The maximum atomic E-state index is 10.9. The van der Waals surface area contributed by atoms with E-state index in [-0.39, 0.29) is 5.69 Å². The molecule has 0 spiro atoms. The Labute approximate surface area is 98.6 Å². The molecule has 0 saturated carbocycles. The van der Waals surface area contributed by atoms with Gasteiger partial charge in [0.1, 0.15) is 5.82 Å². The van der Waals surface area contributed by atoms with Crippen molar-refractivity contribution >= 4 is 5.97 Å². The number of rotatable bonds is 4. The van der Waals surface area contributed by atoms with Crippen molar-refractivity contribution in [2.24, 2.45) is 0 Å². The minimum atomic E-state index is -0.995. The Bertz CT molecular complexity index is 520. The number of pyridine rings is 1. The van der Waals surface area contributed by atoms with Crippen LogP contribution in [0.2, 0.25) is 0 Å². The van der Waals surface area contributed by atoms with Crippen LogP contribution in [0.4, 0.5) is 0 Å². The Morgan fingerprint density at radius 3 is 2.88 bits per heavy atom. The summed E-state index contributed by atoms with van der Waals surface area (Å²) in [5.74, 6) is -0.371. The zero-order valence-electron chi connectivity index (χ0n) is 9.47. The maximum absolute atomic E-state index is 10.9. The first kappa shape index (κ1) is 11.3.